The Balaban J connectivity index is 4.72. The van der Waals surface area contributed by atoms with Crippen molar-refractivity contribution in [3.8, 4) is 0 Å². The van der Waals surface area contributed by atoms with E-state index in [1.807, 2.05) is 0 Å². The second kappa shape index (κ2) is 6.44. The lowest BCUT2D eigenvalue weighted by Gasteiger charge is -2.23. The Morgan fingerprint density at radius 2 is 1.44 bits per heavy atom. The van der Waals surface area contributed by atoms with Gasteiger partial charge in [-0.3, -0.25) is 0 Å². The topological polar surface area (TPSA) is 0 Å². The minimum atomic E-state index is -1.07. The van der Waals surface area contributed by atoms with Crippen molar-refractivity contribution in [3.63, 3.8) is 0 Å². The molecular weight excluding hydrogens is 208 g/mol. The summed E-state index contributed by atoms with van der Waals surface area (Å²) in [6.07, 6.45) is 4.63. The summed E-state index contributed by atoms with van der Waals surface area (Å²) in [6, 6.07) is 4.12. The number of hydrogen-bond donors (Lipinski definition) is 0. The van der Waals surface area contributed by atoms with E-state index in [4.69, 9.17) is 0 Å². The maximum atomic E-state index is 2.54. The lowest BCUT2D eigenvalue weighted by molar-refractivity contribution is 0.504. The molecule has 0 rings (SSSR count). The molecule has 0 N–H and O–H groups in total. The maximum absolute atomic E-state index is 2.54. The van der Waals surface area contributed by atoms with Crippen LogP contribution >= 0.6 is 0 Å². The molecule has 1 heteroatoms. The van der Waals surface area contributed by atoms with Crippen molar-refractivity contribution >= 4 is 8.07 Å². The van der Waals surface area contributed by atoms with Crippen molar-refractivity contribution in [2.24, 2.45) is 5.41 Å². The molecular formula is C15H30Si. The Kier molecular flexibility index (Phi) is 6.31. The monoisotopic (exact) mass is 238 g/mol. The lowest BCUT2D eigenvalue weighted by atomic mass is 9.87. The van der Waals surface area contributed by atoms with E-state index in [-0.39, 0.29) is 0 Å². The fourth-order valence-electron chi connectivity index (χ4n) is 1.75. The van der Waals surface area contributed by atoms with Gasteiger partial charge in [0.2, 0.25) is 0 Å². The van der Waals surface area contributed by atoms with E-state index >= 15 is 0 Å². The Labute approximate surface area is 104 Å². The molecule has 0 atom stereocenters. The van der Waals surface area contributed by atoms with E-state index in [1.165, 1.54) is 23.7 Å². The van der Waals surface area contributed by atoms with E-state index in [0.717, 1.165) is 0 Å². The molecule has 0 aliphatic carbocycles. The molecule has 0 saturated carbocycles. The zero-order valence-electron chi connectivity index (χ0n) is 12.4. The minimum absolute atomic E-state index is 0.305. The van der Waals surface area contributed by atoms with Gasteiger partial charge in [-0.25, -0.2) is 0 Å². The highest BCUT2D eigenvalue weighted by molar-refractivity contribution is 6.84. The van der Waals surface area contributed by atoms with E-state index in [9.17, 15) is 0 Å². The Morgan fingerprint density at radius 1 is 1.00 bits per heavy atom. The van der Waals surface area contributed by atoms with Crippen LogP contribution in [0.15, 0.2) is 23.4 Å². The summed E-state index contributed by atoms with van der Waals surface area (Å²) >= 11 is 0. The van der Waals surface area contributed by atoms with Crippen LogP contribution in [0.2, 0.25) is 18.1 Å². The molecule has 0 fully saturated rings. The van der Waals surface area contributed by atoms with Gasteiger partial charge in [0.1, 0.15) is 0 Å². The molecule has 16 heavy (non-hydrogen) atoms. The maximum Gasteiger partial charge on any atom is 0.0770 e. The highest BCUT2D eigenvalue weighted by atomic mass is 28.3. The van der Waals surface area contributed by atoms with Crippen molar-refractivity contribution < 1.29 is 0 Å². The van der Waals surface area contributed by atoms with Gasteiger partial charge in [0.25, 0.3) is 0 Å². The van der Waals surface area contributed by atoms with Crippen LogP contribution in [0.25, 0.3) is 0 Å². The molecule has 0 aromatic rings. The molecule has 0 aromatic carbocycles. The van der Waals surface area contributed by atoms with E-state index < -0.39 is 8.07 Å². The molecule has 0 radical (unpaired) electrons. The highest BCUT2D eigenvalue weighted by Crippen LogP contribution is 2.25. The van der Waals surface area contributed by atoms with Crippen LogP contribution < -0.4 is 0 Å². The van der Waals surface area contributed by atoms with E-state index in [1.54, 1.807) is 0 Å². The van der Waals surface area contributed by atoms with Crippen LogP contribution in [-0.2, 0) is 0 Å². The first kappa shape index (κ1) is 15.7. The molecule has 94 valence electrons. The molecule has 0 unspecified atom stereocenters. The second-order valence-electron chi connectivity index (χ2n) is 5.88. The Morgan fingerprint density at radius 3 is 1.75 bits per heavy atom. The summed E-state index contributed by atoms with van der Waals surface area (Å²) in [4.78, 5) is 0. The molecule has 0 aliphatic rings. The zero-order valence-corrected chi connectivity index (χ0v) is 13.4. The largest absolute Gasteiger partial charge is 0.0942 e. The zero-order chi connectivity index (χ0) is 12.8. The fourth-order valence-corrected chi connectivity index (χ4v) is 4.46. The highest BCUT2D eigenvalue weighted by Gasteiger charge is 2.22. The van der Waals surface area contributed by atoms with Gasteiger partial charge in [-0.2, -0.15) is 0 Å². The number of rotatable bonds is 5. The molecule has 0 aromatic heterocycles. The number of hydrogen-bond acceptors (Lipinski definition) is 0. The van der Waals surface area contributed by atoms with Gasteiger partial charge in [0.05, 0.1) is 8.07 Å². The summed E-state index contributed by atoms with van der Waals surface area (Å²) in [5.74, 6) is 0. The van der Waals surface area contributed by atoms with Gasteiger partial charge in [0.15, 0.2) is 0 Å². The summed E-state index contributed by atoms with van der Waals surface area (Å²) in [5, 5.41) is 0. The first-order valence-corrected chi connectivity index (χ1v) is 9.37. The van der Waals surface area contributed by atoms with Gasteiger partial charge >= 0.3 is 0 Å². The van der Waals surface area contributed by atoms with Gasteiger partial charge in [-0.15, -0.1) is 0 Å². The molecule has 0 bridgehead atoms. The number of allylic oxidation sites excluding steroid dienone is 3. The van der Waals surface area contributed by atoms with Crippen LogP contribution in [0.4, 0.5) is 0 Å². The van der Waals surface area contributed by atoms with E-state index in [2.05, 4.69) is 66.3 Å². The van der Waals surface area contributed by atoms with Crippen LogP contribution in [0.1, 0.15) is 48.5 Å². The van der Waals surface area contributed by atoms with Crippen LogP contribution in [0, 0.1) is 5.41 Å². The Hall–Kier alpha value is -0.303. The average Bonchev–Trinajstić information content (AvgIpc) is 2.23. The quantitative estimate of drug-likeness (QED) is 0.433. The molecule has 0 heterocycles. The molecule has 0 saturated heterocycles. The summed E-state index contributed by atoms with van der Waals surface area (Å²) < 4.78 is 0. The van der Waals surface area contributed by atoms with Crippen molar-refractivity contribution in [2.75, 3.05) is 0 Å². The van der Waals surface area contributed by atoms with Crippen molar-refractivity contribution in [3.05, 3.63) is 23.4 Å². The van der Waals surface area contributed by atoms with E-state index in [0.29, 0.717) is 5.41 Å². The average molecular weight is 238 g/mol. The van der Waals surface area contributed by atoms with Crippen LogP contribution in [0.3, 0.4) is 0 Å². The normalized spacial score (nSPS) is 14.8. The fraction of sp³-hybridized carbons (Fsp3) is 0.733. The minimum Gasteiger partial charge on any atom is -0.0942 e. The molecule has 0 amide bonds. The van der Waals surface area contributed by atoms with Gasteiger partial charge < -0.3 is 0 Å². The van der Waals surface area contributed by atoms with Gasteiger partial charge in [-0.05, 0) is 12.3 Å². The molecule has 0 nitrogen and oxygen atoms in total. The van der Waals surface area contributed by atoms with Gasteiger partial charge in [-0.1, -0.05) is 83.1 Å². The summed E-state index contributed by atoms with van der Waals surface area (Å²) in [7, 11) is -1.07. The Bertz CT molecular complexity index is 241. The van der Waals surface area contributed by atoms with Crippen molar-refractivity contribution in [1.29, 1.82) is 0 Å². The SMILES string of the molecule is CC[Si](C=CC=C(C)C(C)(C)C)(CC)CC. The molecule has 0 aliphatic heterocycles. The summed E-state index contributed by atoms with van der Waals surface area (Å²) in [5.41, 5.74) is 4.32. The second-order valence-corrected chi connectivity index (χ2v) is 11.1. The third kappa shape index (κ3) is 4.69. The van der Waals surface area contributed by atoms with Crippen LogP contribution in [0.5, 0.6) is 0 Å². The van der Waals surface area contributed by atoms with Crippen molar-refractivity contribution in [1.82, 2.24) is 0 Å². The van der Waals surface area contributed by atoms with Gasteiger partial charge in [0, 0.05) is 0 Å². The first-order valence-electron chi connectivity index (χ1n) is 6.68. The lowest BCUT2D eigenvalue weighted by Crippen LogP contribution is -2.28. The predicted molar refractivity (Wildman–Crippen MR) is 79.5 cm³/mol. The third-order valence-corrected chi connectivity index (χ3v) is 9.22. The standard InChI is InChI=1S/C15H30Si/c1-8-16(9-2,10-3)13-11-12-14(4)15(5,6)7/h11-13H,8-10H2,1-7H3. The van der Waals surface area contributed by atoms with Crippen molar-refractivity contribution in [2.45, 2.75) is 66.6 Å². The molecule has 0 spiro atoms. The summed E-state index contributed by atoms with van der Waals surface area (Å²) in [6.45, 7) is 16.1. The van der Waals surface area contributed by atoms with Crippen LogP contribution in [-0.4, -0.2) is 8.07 Å². The first-order chi connectivity index (χ1) is 7.31. The predicted octanol–water partition coefficient (Wildman–Crippen LogP) is 5.58. The smallest absolute Gasteiger partial charge is 0.0770 e. The third-order valence-electron chi connectivity index (χ3n) is 4.09.